The number of hydrogen-bond acceptors (Lipinski definition) is 4. The van der Waals surface area contributed by atoms with Crippen molar-refractivity contribution in [3.8, 4) is 11.4 Å². The van der Waals surface area contributed by atoms with Gasteiger partial charge < -0.3 is 10.2 Å². The normalized spacial score (nSPS) is 23.5. The Morgan fingerprint density at radius 2 is 2.13 bits per heavy atom. The van der Waals surface area contributed by atoms with Crippen molar-refractivity contribution in [2.45, 2.75) is 31.3 Å². The summed E-state index contributed by atoms with van der Waals surface area (Å²) in [6.07, 6.45) is 3.67. The Morgan fingerprint density at radius 1 is 1.26 bits per heavy atom. The van der Waals surface area contributed by atoms with Crippen LogP contribution in [0, 0.1) is 0 Å². The first-order valence-corrected chi connectivity index (χ1v) is 7.77. The van der Waals surface area contributed by atoms with Gasteiger partial charge in [-0.2, -0.15) is 5.10 Å². The van der Waals surface area contributed by atoms with Crippen LogP contribution in [0.3, 0.4) is 0 Å². The van der Waals surface area contributed by atoms with Crippen LogP contribution in [0.5, 0.6) is 0 Å². The highest BCUT2D eigenvalue weighted by Crippen LogP contribution is 2.30. The zero-order chi connectivity index (χ0) is 15.8. The number of nitrogens with one attached hydrogen (secondary N) is 2. The molecule has 2 fully saturated rings. The Morgan fingerprint density at radius 3 is 2.96 bits per heavy atom. The van der Waals surface area contributed by atoms with Gasteiger partial charge in [-0.25, -0.2) is 4.98 Å². The van der Waals surface area contributed by atoms with Crippen LogP contribution < -0.4 is 5.32 Å². The SMILES string of the molecule is O=C1CC2CCC(CN1)N2C(=O)c1cccc(-c2ncn[nH]2)c1. The van der Waals surface area contributed by atoms with Crippen LogP contribution in [0.4, 0.5) is 0 Å². The van der Waals surface area contributed by atoms with Gasteiger partial charge in [-0.1, -0.05) is 12.1 Å². The Balaban J connectivity index is 1.64. The highest BCUT2D eigenvalue weighted by atomic mass is 16.2. The summed E-state index contributed by atoms with van der Waals surface area (Å²) in [5.74, 6) is 0.649. The minimum absolute atomic E-state index is 0.00364. The van der Waals surface area contributed by atoms with E-state index in [1.54, 1.807) is 0 Å². The molecule has 3 heterocycles. The van der Waals surface area contributed by atoms with Gasteiger partial charge >= 0.3 is 0 Å². The summed E-state index contributed by atoms with van der Waals surface area (Å²) in [6, 6.07) is 7.45. The monoisotopic (exact) mass is 311 g/mol. The Hall–Kier alpha value is -2.70. The number of H-pyrrole nitrogens is 1. The Kier molecular flexibility index (Phi) is 3.33. The van der Waals surface area contributed by atoms with Crippen molar-refractivity contribution in [1.82, 2.24) is 25.4 Å². The fraction of sp³-hybridized carbons (Fsp3) is 0.375. The zero-order valence-corrected chi connectivity index (χ0v) is 12.5. The third-order valence-electron chi connectivity index (χ3n) is 4.61. The van der Waals surface area contributed by atoms with Crippen molar-refractivity contribution in [3.05, 3.63) is 36.2 Å². The van der Waals surface area contributed by atoms with Gasteiger partial charge in [0.1, 0.15) is 6.33 Å². The van der Waals surface area contributed by atoms with E-state index in [-0.39, 0.29) is 23.9 Å². The van der Waals surface area contributed by atoms with Crippen molar-refractivity contribution < 1.29 is 9.59 Å². The van der Waals surface area contributed by atoms with Crippen LogP contribution >= 0.6 is 0 Å². The number of amides is 2. The lowest BCUT2D eigenvalue weighted by atomic mass is 10.1. The summed E-state index contributed by atoms with van der Waals surface area (Å²) < 4.78 is 0. The first-order valence-electron chi connectivity index (χ1n) is 7.77. The number of aromatic nitrogens is 3. The van der Waals surface area contributed by atoms with E-state index >= 15 is 0 Å². The standard InChI is InChI=1S/C16H17N5O2/c22-14-7-12-4-5-13(8-17-14)21(12)16(23)11-3-1-2-10(6-11)15-18-9-19-20-15/h1-3,6,9,12-13H,4-5,7-8H2,(H,17,22)(H,18,19,20). The van der Waals surface area contributed by atoms with Gasteiger partial charge in [-0.3, -0.25) is 14.7 Å². The number of rotatable bonds is 2. The second-order valence-corrected chi connectivity index (χ2v) is 6.02. The summed E-state index contributed by atoms with van der Waals surface area (Å²) in [5.41, 5.74) is 1.44. The summed E-state index contributed by atoms with van der Waals surface area (Å²) in [5, 5.41) is 9.53. The third kappa shape index (κ3) is 2.48. The predicted octanol–water partition coefficient (Wildman–Crippen LogP) is 0.965. The molecular weight excluding hydrogens is 294 g/mol. The highest BCUT2D eigenvalue weighted by Gasteiger charge is 2.40. The number of fused-ring (bicyclic) bond motifs is 2. The average Bonchev–Trinajstić information content (AvgIpc) is 3.18. The fourth-order valence-corrected chi connectivity index (χ4v) is 3.50. The van der Waals surface area contributed by atoms with Gasteiger partial charge in [0, 0.05) is 36.2 Å². The molecule has 2 bridgehead atoms. The van der Waals surface area contributed by atoms with E-state index in [9.17, 15) is 9.59 Å². The maximum atomic E-state index is 13.0. The van der Waals surface area contributed by atoms with Crippen molar-refractivity contribution >= 4 is 11.8 Å². The highest BCUT2D eigenvalue weighted by molar-refractivity contribution is 5.96. The number of aromatic amines is 1. The largest absolute Gasteiger partial charge is 0.354 e. The maximum absolute atomic E-state index is 13.0. The van der Waals surface area contributed by atoms with Crippen LogP contribution in [-0.4, -0.2) is 50.5 Å². The minimum Gasteiger partial charge on any atom is -0.354 e. The number of nitrogens with zero attached hydrogens (tertiary/aromatic N) is 3. The number of carbonyl (C=O) groups excluding carboxylic acids is 2. The van der Waals surface area contributed by atoms with E-state index in [2.05, 4.69) is 20.5 Å². The van der Waals surface area contributed by atoms with Gasteiger partial charge in [-0.15, -0.1) is 0 Å². The van der Waals surface area contributed by atoms with E-state index in [4.69, 9.17) is 0 Å². The lowest BCUT2D eigenvalue weighted by Crippen LogP contribution is -2.42. The van der Waals surface area contributed by atoms with Gasteiger partial charge in [-0.05, 0) is 25.0 Å². The van der Waals surface area contributed by atoms with E-state index < -0.39 is 0 Å². The van der Waals surface area contributed by atoms with E-state index in [0.717, 1.165) is 18.4 Å². The second-order valence-electron chi connectivity index (χ2n) is 6.02. The third-order valence-corrected chi connectivity index (χ3v) is 4.61. The van der Waals surface area contributed by atoms with Crippen LogP contribution in [0.15, 0.2) is 30.6 Å². The molecule has 2 aromatic rings. The fourth-order valence-electron chi connectivity index (χ4n) is 3.50. The quantitative estimate of drug-likeness (QED) is 0.864. The molecule has 1 aromatic carbocycles. The average molecular weight is 311 g/mol. The molecule has 1 aromatic heterocycles. The number of carbonyl (C=O) groups is 2. The predicted molar refractivity (Wildman–Crippen MR) is 82.4 cm³/mol. The molecule has 118 valence electrons. The maximum Gasteiger partial charge on any atom is 0.254 e. The first kappa shape index (κ1) is 13.9. The van der Waals surface area contributed by atoms with Gasteiger partial charge in [0.2, 0.25) is 5.91 Å². The molecular formula is C16H17N5O2. The molecule has 2 N–H and O–H groups in total. The minimum atomic E-state index is -0.0182. The number of benzene rings is 1. The molecule has 4 rings (SSSR count). The van der Waals surface area contributed by atoms with Crippen molar-refractivity contribution in [3.63, 3.8) is 0 Å². The summed E-state index contributed by atoms with van der Waals surface area (Å²) in [7, 11) is 0. The molecule has 0 aliphatic carbocycles. The first-order chi connectivity index (χ1) is 11.2. The Bertz CT molecular complexity index is 743. The smallest absolute Gasteiger partial charge is 0.254 e. The molecule has 2 saturated heterocycles. The van der Waals surface area contributed by atoms with Crippen molar-refractivity contribution in [2.24, 2.45) is 0 Å². The topological polar surface area (TPSA) is 91.0 Å². The molecule has 23 heavy (non-hydrogen) atoms. The summed E-state index contributed by atoms with van der Waals surface area (Å²) in [4.78, 5) is 30.7. The molecule has 2 aliphatic heterocycles. The molecule has 2 amide bonds. The van der Waals surface area contributed by atoms with E-state index in [0.29, 0.717) is 24.4 Å². The number of hydrogen-bond donors (Lipinski definition) is 2. The van der Waals surface area contributed by atoms with Crippen LogP contribution in [0.25, 0.3) is 11.4 Å². The van der Waals surface area contributed by atoms with Crippen LogP contribution in [0.1, 0.15) is 29.6 Å². The molecule has 0 radical (unpaired) electrons. The summed E-state index contributed by atoms with van der Waals surface area (Å²) >= 11 is 0. The lowest BCUT2D eigenvalue weighted by Gasteiger charge is -2.27. The zero-order valence-electron chi connectivity index (χ0n) is 12.5. The molecule has 7 nitrogen and oxygen atoms in total. The molecule has 2 unspecified atom stereocenters. The summed E-state index contributed by atoms with van der Waals surface area (Å²) in [6.45, 7) is 0.545. The molecule has 2 aliphatic rings. The lowest BCUT2D eigenvalue weighted by molar-refractivity contribution is -0.121. The second kappa shape index (κ2) is 5.49. The van der Waals surface area contributed by atoms with Gasteiger partial charge in [0.25, 0.3) is 5.91 Å². The van der Waals surface area contributed by atoms with Crippen LogP contribution in [0.2, 0.25) is 0 Å². The van der Waals surface area contributed by atoms with Crippen LogP contribution in [-0.2, 0) is 4.79 Å². The molecule has 2 atom stereocenters. The van der Waals surface area contributed by atoms with Crippen molar-refractivity contribution in [2.75, 3.05) is 6.54 Å². The molecule has 0 saturated carbocycles. The van der Waals surface area contributed by atoms with Gasteiger partial charge in [0.05, 0.1) is 0 Å². The van der Waals surface area contributed by atoms with Gasteiger partial charge in [0.15, 0.2) is 5.82 Å². The van der Waals surface area contributed by atoms with E-state index in [1.165, 1.54) is 6.33 Å². The molecule has 0 spiro atoms. The molecule has 7 heteroatoms. The Labute approximate surface area is 133 Å². The van der Waals surface area contributed by atoms with Crippen molar-refractivity contribution in [1.29, 1.82) is 0 Å². The van der Waals surface area contributed by atoms with E-state index in [1.807, 2.05) is 29.2 Å².